The minimum absolute atomic E-state index is 0. The summed E-state index contributed by atoms with van der Waals surface area (Å²) in [5.41, 5.74) is 2.49. The second-order valence-corrected chi connectivity index (χ2v) is 16.0. The number of carbonyl (C=O) groups excluding carboxylic acids is 3. The fourth-order valence-corrected chi connectivity index (χ4v) is 8.88. The number of ether oxygens (including phenoxy) is 1. The van der Waals surface area contributed by atoms with Crippen LogP contribution in [-0.4, -0.2) is 63.9 Å². The zero-order valence-corrected chi connectivity index (χ0v) is 35.2. The second kappa shape index (κ2) is 17.0. The monoisotopic (exact) mass is 900 g/mol. The van der Waals surface area contributed by atoms with Crippen molar-refractivity contribution in [2.45, 2.75) is 44.0 Å². The molecule has 7 rings (SSSR count). The molecule has 2 amide bonds. The van der Waals surface area contributed by atoms with Crippen molar-refractivity contribution in [3.8, 4) is 0 Å². The lowest BCUT2D eigenvalue weighted by Crippen LogP contribution is -3.00. The van der Waals surface area contributed by atoms with E-state index in [2.05, 4.69) is 52.2 Å². The molecule has 2 aromatic heterocycles. The van der Waals surface area contributed by atoms with Crippen LogP contribution < -0.4 is 39.2 Å². The summed E-state index contributed by atoms with van der Waals surface area (Å²) in [6.45, 7) is 5.34. The number of aromatic nitrogens is 2. The number of esters is 1. The number of halogens is 1. The zero-order valence-electron chi connectivity index (χ0n) is 31.4. The quantitative estimate of drug-likeness (QED) is 0.0395. The molecule has 288 valence electrons. The number of hydrogen-bond acceptors (Lipinski definition) is 10. The Bertz CT molecular complexity index is 2180. The molecule has 2 N–H and O–H groups in total. The van der Waals surface area contributed by atoms with Gasteiger partial charge in [-0.15, -0.1) is 23.1 Å². The van der Waals surface area contributed by atoms with Crippen LogP contribution in [0.5, 0.6) is 0 Å². The number of benzene rings is 3. The predicted molar refractivity (Wildman–Crippen MR) is 214 cm³/mol. The first-order valence-electron chi connectivity index (χ1n) is 17.7. The van der Waals surface area contributed by atoms with E-state index >= 15 is 0 Å². The highest BCUT2D eigenvalue weighted by molar-refractivity contribution is 8.08. The molecule has 1 saturated heterocycles. The van der Waals surface area contributed by atoms with Crippen molar-refractivity contribution in [2.75, 3.05) is 18.2 Å². The van der Waals surface area contributed by atoms with E-state index in [-0.39, 0.29) is 41.1 Å². The molecule has 0 radical (unpaired) electrons. The number of β-lactam (4-membered cyclic amide) rings is 1. The van der Waals surface area contributed by atoms with E-state index in [9.17, 15) is 14.4 Å². The van der Waals surface area contributed by atoms with Gasteiger partial charge in [-0.3, -0.25) is 14.5 Å². The number of rotatable bonds is 11. The molecule has 56 heavy (non-hydrogen) atoms. The number of thioether (sulfide) groups is 1. The first kappa shape index (κ1) is 40.6. The molecule has 3 aromatic carbocycles. The molecular formula is C42H41IN6O5S2. The number of carbonyl (C=O) groups is 3. The van der Waals surface area contributed by atoms with Gasteiger partial charge in [0.25, 0.3) is 11.8 Å². The van der Waals surface area contributed by atoms with Gasteiger partial charge in [0.1, 0.15) is 42.7 Å². The molecule has 2 unspecified atom stereocenters. The van der Waals surface area contributed by atoms with Crippen molar-refractivity contribution in [3.63, 3.8) is 0 Å². The number of nitrogens with one attached hydrogen (secondary N) is 2. The largest absolute Gasteiger partial charge is 1.00 e. The number of pyridine rings is 1. The average molecular weight is 901 g/mol. The van der Waals surface area contributed by atoms with Crippen LogP contribution >= 0.6 is 23.1 Å². The Morgan fingerprint density at radius 2 is 1.50 bits per heavy atom. The third-order valence-corrected chi connectivity index (χ3v) is 11.2. The molecule has 0 bridgehead atoms. The summed E-state index contributed by atoms with van der Waals surface area (Å²) < 4.78 is 7.66. The summed E-state index contributed by atoms with van der Waals surface area (Å²) >= 11 is 2.77. The van der Waals surface area contributed by atoms with Crippen LogP contribution in [0.1, 0.15) is 48.7 Å². The minimum Gasteiger partial charge on any atom is -1.00 e. The summed E-state index contributed by atoms with van der Waals surface area (Å²) in [7, 11) is 3.24. The van der Waals surface area contributed by atoms with E-state index in [0.717, 1.165) is 22.3 Å². The number of hydrogen-bond donors (Lipinski definition) is 2. The van der Waals surface area contributed by atoms with E-state index in [1.165, 1.54) is 35.1 Å². The minimum atomic E-state index is -0.911. The first-order chi connectivity index (χ1) is 26.5. The topological polar surface area (TPSA) is 126 Å². The summed E-state index contributed by atoms with van der Waals surface area (Å²) in [5.74, 6) is -1.22. The fourth-order valence-electron chi connectivity index (χ4n) is 6.84. The lowest BCUT2D eigenvalue weighted by atomic mass is 9.77. The molecule has 5 aromatic rings. The number of aryl methyl sites for hydroxylation is 1. The average Bonchev–Trinajstić information content (AvgIpc) is 3.65. The van der Waals surface area contributed by atoms with E-state index in [1.807, 2.05) is 90.7 Å². The van der Waals surface area contributed by atoms with Gasteiger partial charge in [-0.05, 0) is 43.5 Å². The Morgan fingerprint density at radius 3 is 2.04 bits per heavy atom. The number of fused-ring (bicyclic) bond motifs is 1. The zero-order chi connectivity index (χ0) is 38.7. The molecule has 11 nitrogen and oxygen atoms in total. The van der Waals surface area contributed by atoms with Crippen molar-refractivity contribution >= 4 is 56.6 Å². The Labute approximate surface area is 351 Å². The molecule has 14 heteroatoms. The van der Waals surface area contributed by atoms with Gasteiger partial charge in [-0.1, -0.05) is 96.2 Å². The van der Waals surface area contributed by atoms with E-state index in [0.29, 0.717) is 15.8 Å². The van der Waals surface area contributed by atoms with Gasteiger partial charge in [0.05, 0.1) is 16.5 Å². The highest BCUT2D eigenvalue weighted by Gasteiger charge is 2.55. The van der Waals surface area contributed by atoms with Crippen LogP contribution in [0.4, 0.5) is 5.13 Å². The van der Waals surface area contributed by atoms with Crippen LogP contribution in [-0.2, 0) is 36.5 Å². The van der Waals surface area contributed by atoms with Crippen LogP contribution in [0.15, 0.2) is 132 Å². The fraction of sp³-hybridized carbons (Fsp3) is 0.238. The third kappa shape index (κ3) is 8.09. The van der Waals surface area contributed by atoms with Crippen LogP contribution in [0.2, 0.25) is 0 Å². The van der Waals surface area contributed by atoms with Gasteiger partial charge in [0.2, 0.25) is 0 Å². The van der Waals surface area contributed by atoms with E-state index < -0.39 is 41.0 Å². The standard InChI is InChI=1S/C42H40N6O5S2.HI/c1-41(2,3)53-39(51)35-36(27-16-15-23-47(4)24-27)54-26-32-34(38(50)48(32)35)44-37(49)33(46-52-5)31-25-55-40(43-31)45-42(28-17-9-6-10-18-28,29-19-11-7-12-20-29)30-21-13-8-14-22-30;/h6-25,32,34H,26H2,1-5H3,(H-,43,44,45,49);1H. The SMILES string of the molecule is CON=C(C(=O)NC1C(=O)N2C(C(=O)OC(C)(C)C)=C(c3ccc[n+](C)c3)SCC12)c1csc(NC(c2ccccc2)(c2ccccc2)c2ccccc2)n1.[I-]. The lowest BCUT2D eigenvalue weighted by molar-refractivity contribution is -0.671. The number of oxime groups is 1. The Hall–Kier alpha value is -5.06. The Morgan fingerprint density at radius 1 is 0.911 bits per heavy atom. The number of nitrogens with zero attached hydrogens (tertiary/aromatic N) is 4. The van der Waals surface area contributed by atoms with Crippen LogP contribution in [0, 0.1) is 0 Å². The number of amides is 2. The van der Waals surface area contributed by atoms with Crippen molar-refractivity contribution in [3.05, 3.63) is 155 Å². The van der Waals surface area contributed by atoms with Gasteiger partial charge < -0.3 is 44.2 Å². The van der Waals surface area contributed by atoms with E-state index in [1.54, 1.807) is 26.2 Å². The smallest absolute Gasteiger partial charge is 0.356 e. The normalized spacial score (nSPS) is 16.9. The first-order valence-corrected chi connectivity index (χ1v) is 19.6. The molecule has 2 atom stereocenters. The van der Waals surface area contributed by atoms with Crippen molar-refractivity contribution in [1.82, 2.24) is 15.2 Å². The summed E-state index contributed by atoms with van der Waals surface area (Å²) in [6, 6.07) is 32.7. The molecule has 0 saturated carbocycles. The second-order valence-electron chi connectivity index (χ2n) is 14.1. The summed E-state index contributed by atoms with van der Waals surface area (Å²) in [4.78, 5) is 53.6. The maximum atomic E-state index is 14.0. The molecule has 4 heterocycles. The number of thiazole rings is 1. The third-order valence-electron chi connectivity index (χ3n) is 9.21. The lowest BCUT2D eigenvalue weighted by Gasteiger charge is -2.50. The van der Waals surface area contributed by atoms with Gasteiger partial charge in [-0.2, -0.15) is 0 Å². The molecule has 1 fully saturated rings. The molecular weight excluding hydrogens is 860 g/mol. The summed E-state index contributed by atoms with van der Waals surface area (Å²) in [5, 5.41) is 12.9. The van der Waals surface area contributed by atoms with Gasteiger partial charge in [0.15, 0.2) is 23.2 Å². The molecule has 0 spiro atoms. The van der Waals surface area contributed by atoms with Crippen molar-refractivity contribution < 1.29 is 52.5 Å². The highest BCUT2D eigenvalue weighted by atomic mass is 127. The van der Waals surface area contributed by atoms with Crippen LogP contribution in [0.3, 0.4) is 0 Å². The van der Waals surface area contributed by atoms with Crippen LogP contribution in [0.25, 0.3) is 4.91 Å². The molecule has 0 aliphatic carbocycles. The van der Waals surface area contributed by atoms with Gasteiger partial charge in [-0.25, -0.2) is 14.3 Å². The van der Waals surface area contributed by atoms with Crippen molar-refractivity contribution in [1.29, 1.82) is 0 Å². The molecule has 2 aliphatic heterocycles. The predicted octanol–water partition coefficient (Wildman–Crippen LogP) is 2.88. The maximum absolute atomic E-state index is 14.0. The van der Waals surface area contributed by atoms with Gasteiger partial charge in [0, 0.05) is 17.2 Å². The van der Waals surface area contributed by atoms with Gasteiger partial charge >= 0.3 is 5.97 Å². The maximum Gasteiger partial charge on any atom is 0.356 e. The molecule has 2 aliphatic rings. The number of anilines is 1. The summed E-state index contributed by atoms with van der Waals surface area (Å²) in [6.07, 6.45) is 3.78. The Kier molecular flexibility index (Phi) is 12.3. The highest BCUT2D eigenvalue weighted by Crippen LogP contribution is 2.44. The Balaban J connectivity index is 0.00000532. The van der Waals surface area contributed by atoms with E-state index in [4.69, 9.17) is 14.6 Å². The van der Waals surface area contributed by atoms with Crippen molar-refractivity contribution in [2.24, 2.45) is 12.2 Å².